The minimum Gasteiger partial charge on any atom is -0.394 e. The van der Waals surface area contributed by atoms with E-state index in [1.54, 1.807) is 6.20 Å². The Balaban J connectivity index is 1.80. The van der Waals surface area contributed by atoms with Crippen molar-refractivity contribution < 1.29 is 19.7 Å². The van der Waals surface area contributed by atoms with E-state index in [0.717, 1.165) is 5.56 Å². The van der Waals surface area contributed by atoms with Crippen molar-refractivity contribution in [3.05, 3.63) is 58.1 Å². The van der Waals surface area contributed by atoms with Crippen LogP contribution in [-0.2, 0) is 16.1 Å². The molecule has 4 N–H and O–H groups in total. The molecule has 0 saturated carbocycles. The lowest BCUT2D eigenvalue weighted by Crippen LogP contribution is -2.29. The van der Waals surface area contributed by atoms with Crippen molar-refractivity contribution >= 4 is 5.82 Å². The zero-order chi connectivity index (χ0) is 20.3. The first-order valence-corrected chi connectivity index (χ1v) is 9.39. The second kappa shape index (κ2) is 8.83. The molecule has 8 heteroatoms. The van der Waals surface area contributed by atoms with Crippen molar-refractivity contribution in [1.82, 2.24) is 9.55 Å². The molecule has 0 radical (unpaired) electrons. The van der Waals surface area contributed by atoms with Gasteiger partial charge >= 0.3 is 5.69 Å². The highest BCUT2D eigenvalue weighted by atomic mass is 16.5. The fraction of sp³-hybridized carbons (Fsp3) is 0.500. The van der Waals surface area contributed by atoms with E-state index in [4.69, 9.17) is 15.2 Å². The number of nitrogens with zero attached hydrogens (tertiary/aromatic N) is 2. The summed E-state index contributed by atoms with van der Waals surface area (Å²) in [4.78, 5) is 16.1. The average Bonchev–Trinajstić information content (AvgIpc) is 3.04. The number of hydrogen-bond acceptors (Lipinski definition) is 7. The third-order valence-electron chi connectivity index (χ3n) is 4.91. The van der Waals surface area contributed by atoms with Gasteiger partial charge in [0, 0.05) is 18.2 Å². The van der Waals surface area contributed by atoms with Crippen LogP contribution in [0.4, 0.5) is 5.82 Å². The minimum atomic E-state index is -0.845. The number of nitrogen functional groups attached to an aromatic ring is 1. The number of ether oxygens (including phenoxy) is 2. The van der Waals surface area contributed by atoms with Gasteiger partial charge in [-0.15, -0.1) is 0 Å². The summed E-state index contributed by atoms with van der Waals surface area (Å²) in [5.41, 5.74) is 6.99. The summed E-state index contributed by atoms with van der Waals surface area (Å²) in [5.74, 6) is 0.343. The zero-order valence-corrected chi connectivity index (χ0v) is 16.1. The van der Waals surface area contributed by atoms with Crippen molar-refractivity contribution in [2.24, 2.45) is 5.92 Å². The molecule has 1 aliphatic heterocycles. The lowest BCUT2D eigenvalue weighted by atomic mass is 9.99. The van der Waals surface area contributed by atoms with Gasteiger partial charge in [0.05, 0.1) is 25.4 Å². The molecule has 2 aromatic rings. The van der Waals surface area contributed by atoms with Gasteiger partial charge in [-0.25, -0.2) is 4.79 Å². The summed E-state index contributed by atoms with van der Waals surface area (Å²) < 4.78 is 13.0. The van der Waals surface area contributed by atoms with Crippen molar-refractivity contribution in [2.75, 3.05) is 12.3 Å². The van der Waals surface area contributed by atoms with Crippen LogP contribution >= 0.6 is 0 Å². The summed E-state index contributed by atoms with van der Waals surface area (Å²) in [6.07, 6.45) is -0.661. The van der Waals surface area contributed by atoms with Crippen LogP contribution in [0.25, 0.3) is 0 Å². The molecule has 1 aromatic carbocycles. The van der Waals surface area contributed by atoms with E-state index in [1.807, 2.05) is 30.3 Å². The maximum absolute atomic E-state index is 12.3. The number of anilines is 1. The van der Waals surface area contributed by atoms with E-state index >= 15 is 0 Å². The molecular formula is C20H27N3O5. The van der Waals surface area contributed by atoms with Gasteiger partial charge in [0.2, 0.25) is 0 Å². The molecule has 4 atom stereocenters. The lowest BCUT2D eigenvalue weighted by Gasteiger charge is -2.23. The minimum absolute atomic E-state index is 0.106. The fourth-order valence-electron chi connectivity index (χ4n) is 3.39. The third-order valence-corrected chi connectivity index (χ3v) is 4.91. The molecule has 8 nitrogen and oxygen atoms in total. The quantitative estimate of drug-likeness (QED) is 0.654. The normalized spacial score (nSPS) is 23.2. The lowest BCUT2D eigenvalue weighted by molar-refractivity contribution is -0.0462. The first-order chi connectivity index (χ1) is 13.4. The van der Waals surface area contributed by atoms with Crippen LogP contribution in [0.2, 0.25) is 0 Å². The average molecular weight is 389 g/mol. The second-order valence-corrected chi connectivity index (χ2v) is 7.34. The molecule has 1 unspecified atom stereocenters. The van der Waals surface area contributed by atoms with Gasteiger partial charge < -0.3 is 25.4 Å². The third kappa shape index (κ3) is 4.41. The van der Waals surface area contributed by atoms with E-state index in [0.29, 0.717) is 5.56 Å². The van der Waals surface area contributed by atoms with Crippen LogP contribution in [0.5, 0.6) is 0 Å². The first kappa shape index (κ1) is 20.5. The molecule has 28 heavy (non-hydrogen) atoms. The van der Waals surface area contributed by atoms with Gasteiger partial charge in [0.1, 0.15) is 18.1 Å². The maximum Gasteiger partial charge on any atom is 0.351 e. The molecule has 0 bridgehead atoms. The summed E-state index contributed by atoms with van der Waals surface area (Å²) in [6.45, 7) is 4.00. The molecule has 0 spiro atoms. The zero-order valence-electron chi connectivity index (χ0n) is 16.1. The van der Waals surface area contributed by atoms with Crippen molar-refractivity contribution in [3.8, 4) is 0 Å². The van der Waals surface area contributed by atoms with Crippen LogP contribution in [0.15, 0.2) is 41.3 Å². The Kier molecular flexibility index (Phi) is 6.46. The van der Waals surface area contributed by atoms with Crippen LogP contribution in [-0.4, -0.2) is 38.6 Å². The van der Waals surface area contributed by atoms with Gasteiger partial charge in [-0.1, -0.05) is 44.2 Å². The SMILES string of the molecule is CC(C)C(OCc1cn([C@H]2C[C@H](O)[C@@H](CO)O2)c(=O)nc1N)c1ccccc1. The Bertz CT molecular complexity index is 839. The standard InChI is InChI=1S/C20H27N3O5/c1-12(2)18(13-6-4-3-5-7-13)27-11-14-9-23(20(26)22-19(14)21)17-8-15(25)16(10-24)28-17/h3-7,9,12,15-18,24-25H,8,10-11H2,1-2H3,(H2,21,22,26)/t15-,16+,17+,18?/m0/s1. The number of nitrogens with two attached hydrogens (primary N) is 1. The molecule has 1 aliphatic rings. The molecular weight excluding hydrogens is 362 g/mol. The monoisotopic (exact) mass is 389 g/mol. The van der Waals surface area contributed by atoms with E-state index in [-0.39, 0.29) is 37.5 Å². The van der Waals surface area contributed by atoms with Crippen LogP contribution in [0, 0.1) is 5.92 Å². The van der Waals surface area contributed by atoms with Crippen molar-refractivity contribution in [1.29, 1.82) is 0 Å². The summed E-state index contributed by atoms with van der Waals surface area (Å²) in [6, 6.07) is 9.90. The van der Waals surface area contributed by atoms with Gasteiger partial charge in [0.15, 0.2) is 0 Å². The molecule has 1 fully saturated rings. The van der Waals surface area contributed by atoms with Crippen LogP contribution < -0.4 is 11.4 Å². The topological polar surface area (TPSA) is 120 Å². The molecule has 2 heterocycles. The smallest absolute Gasteiger partial charge is 0.351 e. The Hall–Kier alpha value is -2.26. The Morgan fingerprint density at radius 2 is 2.07 bits per heavy atom. The van der Waals surface area contributed by atoms with Gasteiger partial charge in [-0.2, -0.15) is 4.98 Å². The second-order valence-electron chi connectivity index (χ2n) is 7.34. The highest BCUT2D eigenvalue weighted by molar-refractivity contribution is 5.36. The van der Waals surface area contributed by atoms with Crippen LogP contribution in [0.1, 0.15) is 43.7 Å². The molecule has 152 valence electrons. The van der Waals surface area contributed by atoms with Crippen LogP contribution in [0.3, 0.4) is 0 Å². The van der Waals surface area contributed by atoms with Gasteiger partial charge in [0.25, 0.3) is 0 Å². The van der Waals surface area contributed by atoms with E-state index < -0.39 is 24.1 Å². The first-order valence-electron chi connectivity index (χ1n) is 9.39. The number of rotatable bonds is 7. The molecule has 3 rings (SSSR count). The predicted octanol–water partition coefficient (Wildman–Crippen LogP) is 1.38. The Labute approximate surface area is 163 Å². The maximum atomic E-state index is 12.3. The summed E-state index contributed by atoms with van der Waals surface area (Å²) >= 11 is 0. The number of aromatic nitrogens is 2. The summed E-state index contributed by atoms with van der Waals surface area (Å²) in [7, 11) is 0. The fourth-order valence-corrected chi connectivity index (χ4v) is 3.39. The Morgan fingerprint density at radius 1 is 1.36 bits per heavy atom. The molecule has 0 amide bonds. The van der Waals surface area contributed by atoms with E-state index in [2.05, 4.69) is 18.8 Å². The molecule has 1 saturated heterocycles. The largest absolute Gasteiger partial charge is 0.394 e. The van der Waals surface area contributed by atoms with E-state index in [9.17, 15) is 15.0 Å². The number of benzene rings is 1. The summed E-state index contributed by atoms with van der Waals surface area (Å²) in [5, 5.41) is 19.2. The van der Waals surface area contributed by atoms with Crippen molar-refractivity contribution in [3.63, 3.8) is 0 Å². The molecule has 0 aliphatic carbocycles. The highest BCUT2D eigenvalue weighted by Crippen LogP contribution is 2.29. The molecule has 1 aromatic heterocycles. The number of aliphatic hydroxyl groups excluding tert-OH is 2. The number of aliphatic hydroxyl groups is 2. The predicted molar refractivity (Wildman–Crippen MR) is 103 cm³/mol. The Morgan fingerprint density at radius 3 is 2.68 bits per heavy atom. The number of hydrogen-bond donors (Lipinski definition) is 3. The highest BCUT2D eigenvalue weighted by Gasteiger charge is 2.35. The van der Waals surface area contributed by atoms with E-state index in [1.165, 1.54) is 4.57 Å². The van der Waals surface area contributed by atoms with Crippen molar-refractivity contribution in [2.45, 2.75) is 51.4 Å². The van der Waals surface area contributed by atoms with Gasteiger partial charge in [-0.3, -0.25) is 4.57 Å². The van der Waals surface area contributed by atoms with Gasteiger partial charge in [-0.05, 0) is 11.5 Å².